The predicted octanol–water partition coefficient (Wildman–Crippen LogP) is 2.27. The van der Waals surface area contributed by atoms with Crippen LogP contribution in [-0.4, -0.2) is 36.8 Å². The first-order valence-electron chi connectivity index (χ1n) is 7.08. The van der Waals surface area contributed by atoms with E-state index >= 15 is 0 Å². The van der Waals surface area contributed by atoms with Gasteiger partial charge >= 0.3 is 0 Å². The van der Waals surface area contributed by atoms with Gasteiger partial charge in [-0.2, -0.15) is 4.31 Å². The third-order valence-corrected chi connectivity index (χ3v) is 5.35. The summed E-state index contributed by atoms with van der Waals surface area (Å²) in [4.78, 5) is 12.0. The standard InChI is InChI=1S/C15H18N2O5S/c1-3-17(4-2)23(20,21)11-7-8-13(18)12(10-11)16-15(19)14-6-5-9-22-14/h5-10,18H,3-4H2,1-2H3,(H,16,19). The zero-order valence-corrected chi connectivity index (χ0v) is 13.6. The molecular weight excluding hydrogens is 320 g/mol. The predicted molar refractivity (Wildman–Crippen MR) is 84.9 cm³/mol. The Bertz CT molecular complexity index is 780. The summed E-state index contributed by atoms with van der Waals surface area (Å²) < 4.78 is 31.2. The first-order chi connectivity index (χ1) is 10.9. The molecule has 0 radical (unpaired) electrons. The number of carbonyl (C=O) groups excluding carboxylic acids is 1. The molecule has 0 spiro atoms. The number of nitrogens with one attached hydrogen (secondary N) is 1. The summed E-state index contributed by atoms with van der Waals surface area (Å²) in [5.41, 5.74) is -0.000342. The number of hydrogen-bond acceptors (Lipinski definition) is 5. The smallest absolute Gasteiger partial charge is 0.291 e. The minimum Gasteiger partial charge on any atom is -0.506 e. The number of furan rings is 1. The van der Waals surface area contributed by atoms with Crippen molar-refractivity contribution in [2.75, 3.05) is 18.4 Å². The number of amides is 1. The highest BCUT2D eigenvalue weighted by atomic mass is 32.2. The molecule has 1 aromatic carbocycles. The van der Waals surface area contributed by atoms with Gasteiger partial charge < -0.3 is 14.8 Å². The van der Waals surface area contributed by atoms with E-state index in [1.807, 2.05) is 0 Å². The van der Waals surface area contributed by atoms with Crippen molar-refractivity contribution in [1.29, 1.82) is 0 Å². The summed E-state index contributed by atoms with van der Waals surface area (Å²) >= 11 is 0. The second-order valence-corrected chi connectivity index (χ2v) is 6.64. The molecule has 0 aliphatic rings. The quantitative estimate of drug-likeness (QED) is 0.787. The van der Waals surface area contributed by atoms with Crippen molar-refractivity contribution in [1.82, 2.24) is 4.31 Å². The molecule has 124 valence electrons. The number of hydrogen-bond donors (Lipinski definition) is 2. The zero-order valence-electron chi connectivity index (χ0n) is 12.8. The lowest BCUT2D eigenvalue weighted by Gasteiger charge is -2.19. The summed E-state index contributed by atoms with van der Waals surface area (Å²) in [7, 11) is -3.68. The Kier molecular flexibility index (Phi) is 5.07. The molecule has 2 N–H and O–H groups in total. The summed E-state index contributed by atoms with van der Waals surface area (Å²) in [5.74, 6) is -0.757. The number of benzene rings is 1. The molecule has 0 saturated carbocycles. The Labute approximate surface area is 134 Å². The highest BCUT2D eigenvalue weighted by Gasteiger charge is 2.23. The van der Waals surface area contributed by atoms with E-state index in [2.05, 4.69) is 5.32 Å². The molecule has 1 aromatic heterocycles. The fourth-order valence-electron chi connectivity index (χ4n) is 2.08. The van der Waals surface area contributed by atoms with Crippen molar-refractivity contribution < 1.29 is 22.7 Å². The lowest BCUT2D eigenvalue weighted by molar-refractivity contribution is 0.0996. The maximum Gasteiger partial charge on any atom is 0.291 e. The van der Waals surface area contributed by atoms with Gasteiger partial charge in [0.05, 0.1) is 16.8 Å². The molecule has 23 heavy (non-hydrogen) atoms. The van der Waals surface area contributed by atoms with Gasteiger partial charge in [-0.1, -0.05) is 13.8 Å². The Morgan fingerprint density at radius 3 is 2.52 bits per heavy atom. The lowest BCUT2D eigenvalue weighted by atomic mass is 10.3. The normalized spacial score (nSPS) is 11.6. The van der Waals surface area contributed by atoms with Crippen LogP contribution in [0, 0.1) is 0 Å². The van der Waals surface area contributed by atoms with Crippen molar-refractivity contribution in [3.05, 3.63) is 42.4 Å². The molecule has 0 fully saturated rings. The van der Waals surface area contributed by atoms with Gasteiger partial charge in [0, 0.05) is 13.1 Å². The Morgan fingerprint density at radius 1 is 1.26 bits per heavy atom. The van der Waals surface area contributed by atoms with Gasteiger partial charge in [-0.05, 0) is 30.3 Å². The highest BCUT2D eigenvalue weighted by Crippen LogP contribution is 2.28. The van der Waals surface area contributed by atoms with Crippen molar-refractivity contribution in [2.45, 2.75) is 18.7 Å². The molecular formula is C15H18N2O5S. The van der Waals surface area contributed by atoms with E-state index in [4.69, 9.17) is 4.42 Å². The summed E-state index contributed by atoms with van der Waals surface area (Å²) in [6.45, 7) is 4.13. The molecule has 7 nitrogen and oxygen atoms in total. The van der Waals surface area contributed by atoms with E-state index in [1.54, 1.807) is 19.9 Å². The Balaban J connectivity index is 2.34. The monoisotopic (exact) mass is 338 g/mol. The minimum atomic E-state index is -3.68. The van der Waals surface area contributed by atoms with E-state index in [0.29, 0.717) is 13.1 Å². The molecule has 0 bridgehead atoms. The van der Waals surface area contributed by atoms with Gasteiger partial charge in [0.25, 0.3) is 5.91 Å². The molecule has 0 aliphatic heterocycles. The summed E-state index contributed by atoms with van der Waals surface area (Å²) in [5, 5.41) is 12.3. The van der Waals surface area contributed by atoms with Gasteiger partial charge in [-0.3, -0.25) is 4.79 Å². The fraction of sp³-hybridized carbons (Fsp3) is 0.267. The average molecular weight is 338 g/mol. The number of aromatic hydroxyl groups is 1. The zero-order chi connectivity index (χ0) is 17.0. The number of carbonyl (C=O) groups is 1. The van der Waals surface area contributed by atoms with Gasteiger partial charge in [-0.15, -0.1) is 0 Å². The topological polar surface area (TPSA) is 99.9 Å². The van der Waals surface area contributed by atoms with Crippen LogP contribution in [0.2, 0.25) is 0 Å². The molecule has 0 saturated heterocycles. The van der Waals surface area contributed by atoms with E-state index in [9.17, 15) is 18.3 Å². The number of nitrogens with zero attached hydrogens (tertiary/aromatic N) is 1. The van der Waals surface area contributed by atoms with Crippen LogP contribution in [0.3, 0.4) is 0 Å². The van der Waals surface area contributed by atoms with Crippen LogP contribution in [0.15, 0.2) is 45.9 Å². The lowest BCUT2D eigenvalue weighted by Crippen LogP contribution is -2.30. The molecule has 2 aromatic rings. The van der Waals surface area contributed by atoms with Crippen LogP contribution in [-0.2, 0) is 10.0 Å². The molecule has 1 heterocycles. The second-order valence-electron chi connectivity index (χ2n) is 4.70. The molecule has 1 amide bonds. The summed E-state index contributed by atoms with van der Waals surface area (Å²) in [6.07, 6.45) is 1.34. The van der Waals surface area contributed by atoms with Crippen LogP contribution in [0.5, 0.6) is 5.75 Å². The van der Waals surface area contributed by atoms with Crippen molar-refractivity contribution >= 4 is 21.6 Å². The van der Waals surface area contributed by atoms with E-state index in [-0.39, 0.29) is 22.1 Å². The molecule has 2 rings (SSSR count). The highest BCUT2D eigenvalue weighted by molar-refractivity contribution is 7.89. The maximum absolute atomic E-state index is 12.5. The number of anilines is 1. The number of phenolic OH excluding ortho intramolecular Hbond substituents is 1. The van der Waals surface area contributed by atoms with Gasteiger partial charge in [0.2, 0.25) is 10.0 Å². The number of phenols is 1. The van der Waals surface area contributed by atoms with E-state index < -0.39 is 15.9 Å². The third kappa shape index (κ3) is 3.54. The summed E-state index contributed by atoms with van der Waals surface area (Å²) in [6, 6.07) is 6.77. The SMILES string of the molecule is CCN(CC)S(=O)(=O)c1ccc(O)c(NC(=O)c2ccco2)c1. The molecule has 0 atom stereocenters. The van der Waals surface area contributed by atoms with E-state index in [1.165, 1.54) is 34.8 Å². The third-order valence-electron chi connectivity index (χ3n) is 3.30. The van der Waals surface area contributed by atoms with Crippen molar-refractivity contribution in [3.63, 3.8) is 0 Å². The minimum absolute atomic E-state index is 0.000342. The van der Waals surface area contributed by atoms with Gasteiger partial charge in [0.15, 0.2) is 5.76 Å². The Hall–Kier alpha value is -2.32. The maximum atomic E-state index is 12.5. The van der Waals surface area contributed by atoms with Crippen LogP contribution >= 0.6 is 0 Å². The van der Waals surface area contributed by atoms with Crippen LogP contribution < -0.4 is 5.32 Å². The average Bonchev–Trinajstić information content (AvgIpc) is 3.04. The first-order valence-corrected chi connectivity index (χ1v) is 8.52. The molecule has 0 aliphatic carbocycles. The molecule has 8 heteroatoms. The fourth-order valence-corrected chi connectivity index (χ4v) is 3.56. The number of sulfonamides is 1. The van der Waals surface area contributed by atoms with Gasteiger partial charge in [0.1, 0.15) is 5.75 Å². The van der Waals surface area contributed by atoms with Crippen molar-refractivity contribution in [3.8, 4) is 5.75 Å². The Morgan fingerprint density at radius 2 is 1.96 bits per heavy atom. The van der Waals surface area contributed by atoms with E-state index in [0.717, 1.165) is 0 Å². The van der Waals surface area contributed by atoms with Gasteiger partial charge in [-0.25, -0.2) is 8.42 Å². The second kappa shape index (κ2) is 6.84. The van der Waals surface area contributed by atoms with Crippen LogP contribution in [0.4, 0.5) is 5.69 Å². The van der Waals surface area contributed by atoms with Crippen molar-refractivity contribution in [2.24, 2.45) is 0 Å². The van der Waals surface area contributed by atoms with Crippen LogP contribution in [0.25, 0.3) is 0 Å². The first kappa shape index (κ1) is 17.0. The number of rotatable bonds is 6. The van der Waals surface area contributed by atoms with Crippen LogP contribution in [0.1, 0.15) is 24.4 Å². The molecule has 0 unspecified atom stereocenters. The largest absolute Gasteiger partial charge is 0.506 e.